The molecular formula is C21H24N2O3. The van der Waals surface area contributed by atoms with E-state index in [1.165, 1.54) is 22.4 Å². The second-order valence-electron chi connectivity index (χ2n) is 6.68. The third-order valence-corrected chi connectivity index (χ3v) is 4.63. The van der Waals surface area contributed by atoms with Crippen molar-refractivity contribution in [3.8, 4) is 5.75 Å². The van der Waals surface area contributed by atoms with E-state index >= 15 is 0 Å². The summed E-state index contributed by atoms with van der Waals surface area (Å²) in [6.07, 6.45) is 4.39. The SMILES string of the molecule is CN(C)C(=O)COc1ccccc1C(=O)Nc1cccc2c1CCCC2. The van der Waals surface area contributed by atoms with Gasteiger partial charge in [-0.3, -0.25) is 9.59 Å². The number of anilines is 1. The van der Waals surface area contributed by atoms with E-state index in [0.717, 1.165) is 24.9 Å². The first kappa shape index (κ1) is 18.0. The number of rotatable bonds is 5. The van der Waals surface area contributed by atoms with Gasteiger partial charge in [0.1, 0.15) is 5.75 Å². The van der Waals surface area contributed by atoms with Crippen LogP contribution in [0.1, 0.15) is 34.3 Å². The van der Waals surface area contributed by atoms with Gasteiger partial charge >= 0.3 is 0 Å². The summed E-state index contributed by atoms with van der Waals surface area (Å²) in [5.41, 5.74) is 3.84. The summed E-state index contributed by atoms with van der Waals surface area (Å²) in [7, 11) is 3.34. The minimum Gasteiger partial charge on any atom is -0.483 e. The van der Waals surface area contributed by atoms with Crippen LogP contribution in [0.5, 0.6) is 5.75 Å². The zero-order valence-electron chi connectivity index (χ0n) is 15.2. The van der Waals surface area contributed by atoms with Crippen LogP contribution < -0.4 is 10.1 Å². The van der Waals surface area contributed by atoms with Gasteiger partial charge in [-0.2, -0.15) is 0 Å². The molecule has 0 unspecified atom stereocenters. The van der Waals surface area contributed by atoms with Gasteiger partial charge in [-0.05, 0) is 55.0 Å². The van der Waals surface area contributed by atoms with Gasteiger partial charge in [-0.25, -0.2) is 0 Å². The van der Waals surface area contributed by atoms with Crippen LogP contribution in [-0.4, -0.2) is 37.4 Å². The van der Waals surface area contributed by atoms with Gasteiger partial charge < -0.3 is 15.0 Å². The van der Waals surface area contributed by atoms with Crippen LogP contribution in [0.25, 0.3) is 0 Å². The van der Waals surface area contributed by atoms with E-state index in [-0.39, 0.29) is 18.4 Å². The first-order valence-corrected chi connectivity index (χ1v) is 8.90. The zero-order valence-corrected chi connectivity index (χ0v) is 15.2. The Morgan fingerprint density at radius 2 is 1.81 bits per heavy atom. The van der Waals surface area contributed by atoms with E-state index in [1.54, 1.807) is 38.4 Å². The molecule has 136 valence electrons. The van der Waals surface area contributed by atoms with Crippen LogP contribution in [0.3, 0.4) is 0 Å². The van der Waals surface area contributed by atoms with E-state index < -0.39 is 0 Å². The fourth-order valence-corrected chi connectivity index (χ4v) is 3.14. The van der Waals surface area contributed by atoms with Crippen molar-refractivity contribution in [2.75, 3.05) is 26.0 Å². The summed E-state index contributed by atoms with van der Waals surface area (Å²) in [6, 6.07) is 13.1. The van der Waals surface area contributed by atoms with Crippen molar-refractivity contribution in [1.29, 1.82) is 0 Å². The van der Waals surface area contributed by atoms with Crippen molar-refractivity contribution in [3.63, 3.8) is 0 Å². The minimum absolute atomic E-state index is 0.0992. The molecule has 5 heteroatoms. The first-order valence-electron chi connectivity index (χ1n) is 8.90. The Morgan fingerprint density at radius 1 is 1.04 bits per heavy atom. The number of likely N-dealkylation sites (N-methyl/N-ethyl adjacent to an activating group) is 1. The molecule has 5 nitrogen and oxygen atoms in total. The Morgan fingerprint density at radius 3 is 2.62 bits per heavy atom. The molecule has 0 aromatic heterocycles. The molecule has 0 saturated carbocycles. The van der Waals surface area contributed by atoms with Crippen LogP contribution >= 0.6 is 0 Å². The lowest BCUT2D eigenvalue weighted by Crippen LogP contribution is -2.28. The third-order valence-electron chi connectivity index (χ3n) is 4.63. The van der Waals surface area contributed by atoms with E-state index in [4.69, 9.17) is 4.74 Å². The summed E-state index contributed by atoms with van der Waals surface area (Å²) in [4.78, 5) is 26.0. The molecule has 0 radical (unpaired) electrons. The monoisotopic (exact) mass is 352 g/mol. The molecule has 0 aliphatic heterocycles. The molecule has 0 fully saturated rings. The van der Waals surface area contributed by atoms with Crippen molar-refractivity contribution in [2.45, 2.75) is 25.7 Å². The fraction of sp³-hybridized carbons (Fsp3) is 0.333. The van der Waals surface area contributed by atoms with Gasteiger partial charge in [0.05, 0.1) is 5.56 Å². The normalized spacial score (nSPS) is 12.8. The summed E-state index contributed by atoms with van der Waals surface area (Å²) >= 11 is 0. The Hall–Kier alpha value is -2.82. The molecule has 2 aromatic carbocycles. The molecule has 2 amide bonds. The smallest absolute Gasteiger partial charge is 0.259 e. The molecule has 0 atom stereocenters. The average molecular weight is 352 g/mol. The fourth-order valence-electron chi connectivity index (χ4n) is 3.14. The van der Waals surface area contributed by atoms with E-state index in [9.17, 15) is 9.59 Å². The highest BCUT2D eigenvalue weighted by Gasteiger charge is 2.18. The molecule has 1 aliphatic rings. The van der Waals surface area contributed by atoms with Crippen LogP contribution in [-0.2, 0) is 17.6 Å². The summed E-state index contributed by atoms with van der Waals surface area (Å²) in [5.74, 6) is 0.0271. The average Bonchev–Trinajstić information content (AvgIpc) is 2.66. The number of nitrogens with one attached hydrogen (secondary N) is 1. The number of hydrogen-bond donors (Lipinski definition) is 1. The van der Waals surface area contributed by atoms with Crippen LogP contribution in [0.15, 0.2) is 42.5 Å². The van der Waals surface area contributed by atoms with Gasteiger partial charge in [-0.1, -0.05) is 24.3 Å². The zero-order chi connectivity index (χ0) is 18.5. The number of carbonyl (C=O) groups excluding carboxylic acids is 2. The predicted octanol–water partition coefficient (Wildman–Crippen LogP) is 3.28. The van der Waals surface area contributed by atoms with Gasteiger partial charge in [-0.15, -0.1) is 0 Å². The molecule has 0 bridgehead atoms. The van der Waals surface area contributed by atoms with Crippen molar-refractivity contribution < 1.29 is 14.3 Å². The highest BCUT2D eigenvalue weighted by Crippen LogP contribution is 2.29. The number of benzene rings is 2. The quantitative estimate of drug-likeness (QED) is 0.898. The second-order valence-corrected chi connectivity index (χ2v) is 6.68. The number of hydrogen-bond acceptors (Lipinski definition) is 3. The lowest BCUT2D eigenvalue weighted by Gasteiger charge is -2.20. The van der Waals surface area contributed by atoms with Crippen molar-refractivity contribution in [3.05, 3.63) is 59.2 Å². The number of nitrogens with zero attached hydrogens (tertiary/aromatic N) is 1. The minimum atomic E-state index is -0.225. The number of amides is 2. The number of aryl methyl sites for hydroxylation is 1. The van der Waals surface area contributed by atoms with Gasteiger partial charge in [0.15, 0.2) is 6.61 Å². The number of para-hydroxylation sites is 1. The molecule has 2 aromatic rings. The molecule has 0 spiro atoms. The van der Waals surface area contributed by atoms with Crippen molar-refractivity contribution in [1.82, 2.24) is 4.90 Å². The third kappa shape index (κ3) is 4.04. The highest BCUT2D eigenvalue weighted by atomic mass is 16.5. The molecule has 1 aliphatic carbocycles. The van der Waals surface area contributed by atoms with E-state index in [1.807, 2.05) is 12.1 Å². The molecule has 3 rings (SSSR count). The largest absolute Gasteiger partial charge is 0.483 e. The maximum Gasteiger partial charge on any atom is 0.259 e. The Bertz CT molecular complexity index is 815. The van der Waals surface area contributed by atoms with Crippen molar-refractivity contribution >= 4 is 17.5 Å². The Labute approximate surface area is 154 Å². The maximum absolute atomic E-state index is 12.8. The number of fused-ring (bicyclic) bond motifs is 1. The van der Waals surface area contributed by atoms with E-state index in [2.05, 4.69) is 11.4 Å². The summed E-state index contributed by atoms with van der Waals surface area (Å²) in [5, 5.41) is 3.02. The lowest BCUT2D eigenvalue weighted by molar-refractivity contribution is -0.130. The molecule has 1 N–H and O–H groups in total. The Kier molecular flexibility index (Phi) is 5.56. The predicted molar refractivity (Wildman–Crippen MR) is 102 cm³/mol. The van der Waals surface area contributed by atoms with Crippen LogP contribution in [0, 0.1) is 0 Å². The molecule has 0 heterocycles. The summed E-state index contributed by atoms with van der Waals surface area (Å²) < 4.78 is 5.58. The number of carbonyl (C=O) groups is 2. The summed E-state index contributed by atoms with van der Waals surface area (Å²) in [6.45, 7) is -0.0992. The first-order chi connectivity index (χ1) is 12.6. The van der Waals surface area contributed by atoms with Gasteiger partial charge in [0.25, 0.3) is 11.8 Å². The maximum atomic E-state index is 12.8. The Balaban J connectivity index is 1.78. The molecule has 0 saturated heterocycles. The van der Waals surface area contributed by atoms with Crippen LogP contribution in [0.4, 0.5) is 5.69 Å². The highest BCUT2D eigenvalue weighted by molar-refractivity contribution is 6.06. The standard InChI is InChI=1S/C21H24N2O3/c1-23(2)20(24)14-26-19-13-6-5-11-17(19)21(25)22-18-12-7-9-15-8-3-4-10-16(15)18/h5-7,9,11-13H,3-4,8,10,14H2,1-2H3,(H,22,25). The van der Waals surface area contributed by atoms with Gasteiger partial charge in [0, 0.05) is 19.8 Å². The number of ether oxygens (including phenoxy) is 1. The molecule has 26 heavy (non-hydrogen) atoms. The van der Waals surface area contributed by atoms with E-state index in [0.29, 0.717) is 11.3 Å². The second kappa shape index (κ2) is 8.04. The topological polar surface area (TPSA) is 58.6 Å². The van der Waals surface area contributed by atoms with Crippen molar-refractivity contribution in [2.24, 2.45) is 0 Å². The lowest BCUT2D eigenvalue weighted by atomic mass is 9.90. The van der Waals surface area contributed by atoms with Gasteiger partial charge in [0.2, 0.25) is 0 Å². The van der Waals surface area contributed by atoms with Crippen LogP contribution in [0.2, 0.25) is 0 Å². The molecular weight excluding hydrogens is 328 g/mol.